The highest BCUT2D eigenvalue weighted by atomic mass is 16.6. The first-order valence-corrected chi connectivity index (χ1v) is 9.72. The number of aromatic nitrogens is 3. The Bertz CT molecular complexity index is 824. The molecule has 0 spiro atoms. The van der Waals surface area contributed by atoms with Crippen molar-refractivity contribution in [1.82, 2.24) is 24.8 Å². The summed E-state index contributed by atoms with van der Waals surface area (Å²) in [5.74, 6) is 0.356. The Balaban J connectivity index is 1.57. The number of amides is 2. The second kappa shape index (κ2) is 9.81. The van der Waals surface area contributed by atoms with Gasteiger partial charge in [0.1, 0.15) is 5.69 Å². The topological polar surface area (TPSA) is 91.8 Å². The third kappa shape index (κ3) is 5.40. The first kappa shape index (κ1) is 20.5. The van der Waals surface area contributed by atoms with Crippen LogP contribution in [0.5, 0.6) is 0 Å². The highest BCUT2D eigenvalue weighted by Gasteiger charge is 2.26. The lowest BCUT2D eigenvalue weighted by atomic mass is 10.2. The zero-order valence-electron chi connectivity index (χ0n) is 16.8. The quantitative estimate of drug-likeness (QED) is 0.727. The normalized spacial score (nSPS) is 13.9. The number of anilines is 1. The molecule has 0 atom stereocenters. The molecule has 9 heteroatoms. The average Bonchev–Trinajstić information content (AvgIpc) is 2.78. The van der Waals surface area contributed by atoms with E-state index in [-0.39, 0.29) is 12.0 Å². The lowest BCUT2D eigenvalue weighted by Crippen LogP contribution is -2.50. The lowest BCUT2D eigenvalue weighted by Gasteiger charge is -2.33. The summed E-state index contributed by atoms with van der Waals surface area (Å²) in [6, 6.07) is 5.58. The van der Waals surface area contributed by atoms with Gasteiger partial charge in [-0.1, -0.05) is 0 Å². The van der Waals surface area contributed by atoms with Gasteiger partial charge in [0.15, 0.2) is 0 Å². The molecule has 0 radical (unpaired) electrons. The van der Waals surface area contributed by atoms with E-state index in [2.05, 4.69) is 15.0 Å². The van der Waals surface area contributed by atoms with Crippen LogP contribution >= 0.6 is 0 Å². The minimum absolute atomic E-state index is 0.153. The smallest absolute Gasteiger partial charge is 0.409 e. The van der Waals surface area contributed by atoms with Crippen LogP contribution in [0, 0.1) is 0 Å². The fraction of sp³-hybridized carbons (Fsp3) is 0.450. The van der Waals surface area contributed by atoms with Gasteiger partial charge in [-0.3, -0.25) is 9.78 Å². The van der Waals surface area contributed by atoms with E-state index in [1.807, 2.05) is 24.1 Å². The molecule has 0 aromatic carbocycles. The molecule has 1 aliphatic heterocycles. The standard InChI is InChI=1S/C20H26N6O3/c1-3-29-20(28)26-14-12-25(13-15-26)18(27)17-6-10-22-19(23-17)24(2)11-7-16-4-8-21-9-5-16/h4-6,8-10H,3,7,11-15H2,1-2H3. The Hall–Kier alpha value is -3.23. The number of likely N-dealkylation sites (N-methyl/N-ethyl adjacent to an activating group) is 1. The number of nitrogens with zero attached hydrogens (tertiary/aromatic N) is 6. The number of rotatable bonds is 6. The zero-order chi connectivity index (χ0) is 20.6. The van der Waals surface area contributed by atoms with Crippen LogP contribution in [0.25, 0.3) is 0 Å². The van der Waals surface area contributed by atoms with E-state index in [9.17, 15) is 9.59 Å². The Morgan fingerprint density at radius 1 is 1.07 bits per heavy atom. The van der Waals surface area contributed by atoms with Gasteiger partial charge in [0.05, 0.1) is 6.61 Å². The van der Waals surface area contributed by atoms with Gasteiger partial charge in [-0.2, -0.15) is 0 Å². The summed E-state index contributed by atoms with van der Waals surface area (Å²) < 4.78 is 5.01. The van der Waals surface area contributed by atoms with Gasteiger partial charge < -0.3 is 19.4 Å². The Morgan fingerprint density at radius 3 is 2.45 bits per heavy atom. The molecule has 2 amide bonds. The molecule has 3 heterocycles. The van der Waals surface area contributed by atoms with E-state index < -0.39 is 0 Å². The monoisotopic (exact) mass is 398 g/mol. The molecule has 0 saturated carbocycles. The summed E-state index contributed by atoms with van der Waals surface area (Å²) >= 11 is 0. The minimum Gasteiger partial charge on any atom is -0.450 e. The summed E-state index contributed by atoms with van der Waals surface area (Å²) in [4.78, 5) is 42.6. The van der Waals surface area contributed by atoms with E-state index in [4.69, 9.17) is 4.74 Å². The fourth-order valence-electron chi connectivity index (χ4n) is 3.07. The third-order valence-corrected chi connectivity index (χ3v) is 4.78. The Morgan fingerprint density at radius 2 is 1.76 bits per heavy atom. The number of hydrogen-bond donors (Lipinski definition) is 0. The van der Waals surface area contributed by atoms with Crippen LogP contribution in [0.4, 0.5) is 10.7 Å². The maximum Gasteiger partial charge on any atom is 0.409 e. The SMILES string of the molecule is CCOC(=O)N1CCN(C(=O)c2ccnc(N(C)CCc3ccncc3)n2)CC1. The summed E-state index contributed by atoms with van der Waals surface area (Å²) in [5, 5.41) is 0. The van der Waals surface area contributed by atoms with E-state index >= 15 is 0 Å². The molecule has 1 aliphatic rings. The first-order chi connectivity index (χ1) is 14.1. The van der Waals surface area contributed by atoms with Crippen molar-refractivity contribution < 1.29 is 14.3 Å². The van der Waals surface area contributed by atoms with Gasteiger partial charge >= 0.3 is 6.09 Å². The van der Waals surface area contributed by atoms with Gasteiger partial charge in [0, 0.05) is 58.4 Å². The van der Waals surface area contributed by atoms with Crippen molar-refractivity contribution in [2.45, 2.75) is 13.3 Å². The second-order valence-electron chi connectivity index (χ2n) is 6.75. The highest BCUT2D eigenvalue weighted by molar-refractivity contribution is 5.92. The van der Waals surface area contributed by atoms with Gasteiger partial charge in [-0.25, -0.2) is 14.8 Å². The van der Waals surface area contributed by atoms with E-state index in [0.29, 0.717) is 44.4 Å². The van der Waals surface area contributed by atoms with Gasteiger partial charge in [-0.05, 0) is 37.1 Å². The molecule has 0 bridgehead atoms. The number of pyridine rings is 1. The van der Waals surface area contributed by atoms with Crippen molar-refractivity contribution in [2.24, 2.45) is 0 Å². The van der Waals surface area contributed by atoms with E-state index in [1.54, 1.807) is 41.4 Å². The van der Waals surface area contributed by atoms with Crippen molar-refractivity contribution in [1.29, 1.82) is 0 Å². The third-order valence-electron chi connectivity index (χ3n) is 4.78. The van der Waals surface area contributed by atoms with Gasteiger partial charge in [0.2, 0.25) is 5.95 Å². The van der Waals surface area contributed by atoms with E-state index in [0.717, 1.165) is 13.0 Å². The molecule has 154 valence electrons. The van der Waals surface area contributed by atoms with Crippen LogP contribution < -0.4 is 4.90 Å². The summed E-state index contributed by atoms with van der Waals surface area (Å²) in [6.07, 6.45) is 5.64. The molecule has 29 heavy (non-hydrogen) atoms. The largest absolute Gasteiger partial charge is 0.450 e. The maximum absolute atomic E-state index is 12.8. The van der Waals surface area contributed by atoms with Crippen molar-refractivity contribution in [3.63, 3.8) is 0 Å². The number of hydrogen-bond acceptors (Lipinski definition) is 7. The molecule has 0 unspecified atom stereocenters. The van der Waals surface area contributed by atoms with Crippen LogP contribution in [0.3, 0.4) is 0 Å². The molecule has 9 nitrogen and oxygen atoms in total. The summed E-state index contributed by atoms with van der Waals surface area (Å²) in [6.45, 7) is 4.65. The maximum atomic E-state index is 12.8. The molecule has 1 fully saturated rings. The van der Waals surface area contributed by atoms with Gasteiger partial charge in [0.25, 0.3) is 5.91 Å². The minimum atomic E-state index is -0.334. The first-order valence-electron chi connectivity index (χ1n) is 9.72. The number of carbonyl (C=O) groups excluding carboxylic acids is 2. The number of piperazine rings is 1. The van der Waals surface area contributed by atoms with Crippen molar-refractivity contribution in [2.75, 3.05) is 51.3 Å². The van der Waals surface area contributed by atoms with Crippen molar-refractivity contribution in [3.8, 4) is 0 Å². The molecular formula is C20H26N6O3. The number of ether oxygens (including phenoxy) is 1. The average molecular weight is 398 g/mol. The highest BCUT2D eigenvalue weighted by Crippen LogP contribution is 2.12. The molecule has 3 rings (SSSR count). The summed E-state index contributed by atoms with van der Waals surface area (Å²) in [7, 11) is 1.91. The van der Waals surface area contributed by atoms with Crippen molar-refractivity contribution >= 4 is 17.9 Å². The van der Waals surface area contributed by atoms with Crippen LogP contribution in [-0.4, -0.2) is 83.1 Å². The summed E-state index contributed by atoms with van der Waals surface area (Å²) in [5.41, 5.74) is 1.54. The molecular weight excluding hydrogens is 372 g/mol. The Kier molecular flexibility index (Phi) is 6.94. The van der Waals surface area contributed by atoms with Crippen LogP contribution in [0.2, 0.25) is 0 Å². The Labute approximate surface area is 170 Å². The molecule has 2 aromatic rings. The molecule has 2 aromatic heterocycles. The predicted octanol–water partition coefficient (Wildman–Crippen LogP) is 1.46. The van der Waals surface area contributed by atoms with Crippen molar-refractivity contribution in [3.05, 3.63) is 48.0 Å². The zero-order valence-corrected chi connectivity index (χ0v) is 16.8. The molecule has 1 saturated heterocycles. The van der Waals surface area contributed by atoms with Crippen LogP contribution in [0.1, 0.15) is 23.0 Å². The van der Waals surface area contributed by atoms with E-state index in [1.165, 1.54) is 5.56 Å². The number of carbonyl (C=O) groups is 2. The predicted molar refractivity (Wildman–Crippen MR) is 108 cm³/mol. The second-order valence-corrected chi connectivity index (χ2v) is 6.75. The molecule has 0 aliphatic carbocycles. The fourth-order valence-corrected chi connectivity index (χ4v) is 3.07. The van der Waals surface area contributed by atoms with Crippen LogP contribution in [-0.2, 0) is 11.2 Å². The van der Waals surface area contributed by atoms with Crippen LogP contribution in [0.15, 0.2) is 36.8 Å². The lowest BCUT2D eigenvalue weighted by molar-refractivity contribution is 0.0566. The van der Waals surface area contributed by atoms with Gasteiger partial charge in [-0.15, -0.1) is 0 Å². The molecule has 0 N–H and O–H groups in total.